The van der Waals surface area contributed by atoms with Crippen LogP contribution in [0, 0.1) is 11.6 Å². The van der Waals surface area contributed by atoms with Crippen LogP contribution in [0.5, 0.6) is 0 Å². The van der Waals surface area contributed by atoms with Crippen LogP contribution >= 0.6 is 0 Å². The fourth-order valence-corrected chi connectivity index (χ4v) is 1.49. The van der Waals surface area contributed by atoms with Crippen LogP contribution in [0.4, 0.5) is 20.2 Å². The maximum absolute atomic E-state index is 13.2. The zero-order chi connectivity index (χ0) is 12.4. The van der Waals surface area contributed by atoms with Crippen molar-refractivity contribution in [2.24, 2.45) is 7.05 Å². The zero-order valence-corrected chi connectivity index (χ0v) is 9.24. The number of benzene rings is 1. The first-order valence-corrected chi connectivity index (χ1v) is 5.03. The molecule has 0 bridgehead atoms. The van der Waals surface area contributed by atoms with Crippen molar-refractivity contribution in [3.8, 4) is 0 Å². The fourth-order valence-electron chi connectivity index (χ4n) is 1.49. The highest BCUT2D eigenvalue weighted by Crippen LogP contribution is 2.23. The summed E-state index contributed by atoms with van der Waals surface area (Å²) in [5.41, 5.74) is 6.54. The summed E-state index contributed by atoms with van der Waals surface area (Å²) in [5.74, 6) is -1.43. The molecule has 0 aliphatic carbocycles. The monoisotopic (exact) mass is 238 g/mol. The molecule has 4 nitrogen and oxygen atoms in total. The molecule has 0 saturated heterocycles. The third-order valence-electron chi connectivity index (χ3n) is 2.48. The smallest absolute Gasteiger partial charge is 0.151 e. The van der Waals surface area contributed by atoms with E-state index in [2.05, 4.69) is 10.4 Å². The van der Waals surface area contributed by atoms with Gasteiger partial charge in [-0.1, -0.05) is 0 Å². The van der Waals surface area contributed by atoms with E-state index in [-0.39, 0.29) is 11.4 Å². The number of aryl methyl sites for hydroxylation is 1. The van der Waals surface area contributed by atoms with Crippen molar-refractivity contribution in [3.63, 3.8) is 0 Å². The summed E-state index contributed by atoms with van der Waals surface area (Å²) in [5, 5.41) is 6.86. The van der Waals surface area contributed by atoms with E-state index in [1.807, 2.05) is 0 Å². The molecule has 1 aromatic carbocycles. The number of nitrogens with zero attached hydrogens (tertiary/aromatic N) is 2. The Hall–Kier alpha value is -2.11. The summed E-state index contributed by atoms with van der Waals surface area (Å²) in [4.78, 5) is 0. The Bertz CT molecular complexity index is 536. The first-order valence-electron chi connectivity index (χ1n) is 5.03. The van der Waals surface area contributed by atoms with Gasteiger partial charge in [0.25, 0.3) is 0 Å². The highest BCUT2D eigenvalue weighted by Gasteiger charge is 2.08. The summed E-state index contributed by atoms with van der Waals surface area (Å²) in [6, 6.07) is 3.72. The second-order valence-electron chi connectivity index (χ2n) is 3.65. The van der Waals surface area contributed by atoms with Gasteiger partial charge in [-0.15, -0.1) is 0 Å². The summed E-state index contributed by atoms with van der Waals surface area (Å²) in [6.07, 6.45) is 1.65. The van der Waals surface area contributed by atoms with E-state index in [0.717, 1.165) is 17.8 Å². The second kappa shape index (κ2) is 4.40. The third kappa shape index (κ3) is 2.35. The van der Waals surface area contributed by atoms with Gasteiger partial charge in [0.15, 0.2) is 5.82 Å². The largest absolute Gasteiger partial charge is 0.395 e. The van der Waals surface area contributed by atoms with Crippen molar-refractivity contribution >= 4 is 11.4 Å². The first kappa shape index (κ1) is 11.4. The lowest BCUT2D eigenvalue weighted by Crippen LogP contribution is -2.08. The van der Waals surface area contributed by atoms with E-state index in [1.54, 1.807) is 24.0 Å². The highest BCUT2D eigenvalue weighted by molar-refractivity contribution is 5.66. The molecule has 6 heteroatoms. The Kier molecular flexibility index (Phi) is 2.95. The van der Waals surface area contributed by atoms with Crippen LogP contribution in [0.15, 0.2) is 24.4 Å². The Morgan fingerprint density at radius 3 is 2.82 bits per heavy atom. The molecule has 0 atom stereocenters. The molecule has 0 fully saturated rings. The normalized spacial score (nSPS) is 10.5. The second-order valence-corrected chi connectivity index (χ2v) is 3.65. The van der Waals surface area contributed by atoms with Crippen LogP contribution < -0.4 is 11.1 Å². The molecule has 0 unspecified atom stereocenters. The molecule has 0 amide bonds. The van der Waals surface area contributed by atoms with Crippen LogP contribution in [0.2, 0.25) is 0 Å². The number of halogens is 2. The van der Waals surface area contributed by atoms with Crippen LogP contribution in [-0.2, 0) is 13.6 Å². The lowest BCUT2D eigenvalue weighted by atomic mass is 10.2. The molecule has 2 aromatic rings. The van der Waals surface area contributed by atoms with Crippen molar-refractivity contribution in [2.75, 3.05) is 11.1 Å². The predicted molar refractivity (Wildman–Crippen MR) is 61.3 cm³/mol. The lowest BCUT2D eigenvalue weighted by molar-refractivity contribution is 0.587. The number of nitrogens with two attached hydrogens (primary N) is 1. The molecule has 1 aromatic heterocycles. The van der Waals surface area contributed by atoms with Gasteiger partial charge in [0, 0.05) is 19.3 Å². The van der Waals surface area contributed by atoms with E-state index in [9.17, 15) is 8.78 Å². The van der Waals surface area contributed by atoms with Crippen LogP contribution in [0.25, 0.3) is 0 Å². The number of nitrogens with one attached hydrogen (secondary N) is 1. The zero-order valence-electron chi connectivity index (χ0n) is 9.24. The Morgan fingerprint density at radius 2 is 2.18 bits per heavy atom. The number of nitrogen functional groups attached to an aromatic ring is 1. The Labute approximate surface area is 97.0 Å². The van der Waals surface area contributed by atoms with Gasteiger partial charge in [-0.2, -0.15) is 5.10 Å². The molecule has 2 rings (SSSR count). The summed E-state index contributed by atoms with van der Waals surface area (Å²) < 4.78 is 27.8. The van der Waals surface area contributed by atoms with Crippen molar-refractivity contribution in [1.29, 1.82) is 0 Å². The minimum Gasteiger partial charge on any atom is -0.395 e. The quantitative estimate of drug-likeness (QED) is 0.803. The number of hydrogen-bond donors (Lipinski definition) is 2. The summed E-state index contributed by atoms with van der Waals surface area (Å²) in [6.45, 7) is 0.392. The molecule has 1 heterocycles. The lowest BCUT2D eigenvalue weighted by Gasteiger charge is -2.10. The maximum Gasteiger partial charge on any atom is 0.151 e. The van der Waals surface area contributed by atoms with Gasteiger partial charge in [-0.3, -0.25) is 4.68 Å². The first-order chi connectivity index (χ1) is 8.08. The summed E-state index contributed by atoms with van der Waals surface area (Å²) in [7, 11) is 1.78. The summed E-state index contributed by atoms with van der Waals surface area (Å²) >= 11 is 0. The van der Waals surface area contributed by atoms with Gasteiger partial charge in [-0.25, -0.2) is 8.78 Å². The van der Waals surface area contributed by atoms with Gasteiger partial charge < -0.3 is 11.1 Å². The van der Waals surface area contributed by atoms with Crippen molar-refractivity contribution < 1.29 is 8.78 Å². The number of hydrogen-bond acceptors (Lipinski definition) is 3. The number of rotatable bonds is 3. The fraction of sp³-hybridized carbons (Fsp3) is 0.182. The third-order valence-corrected chi connectivity index (χ3v) is 2.48. The molecule has 17 heavy (non-hydrogen) atoms. The SMILES string of the molecule is Cn1nccc1CNc1cc(F)cc(F)c1N. The maximum atomic E-state index is 13.2. The van der Waals surface area contributed by atoms with Gasteiger partial charge >= 0.3 is 0 Å². The van der Waals surface area contributed by atoms with E-state index >= 15 is 0 Å². The average molecular weight is 238 g/mol. The molecule has 3 N–H and O–H groups in total. The van der Waals surface area contributed by atoms with Gasteiger partial charge in [0.1, 0.15) is 5.82 Å². The van der Waals surface area contributed by atoms with Crippen LogP contribution in [-0.4, -0.2) is 9.78 Å². The molecule has 0 aliphatic heterocycles. The predicted octanol–water partition coefficient (Wildman–Crippen LogP) is 1.89. The standard InChI is InChI=1S/C11H12F2N4/c1-17-8(2-3-16-17)6-15-10-5-7(12)4-9(13)11(10)14/h2-5,15H,6,14H2,1H3. The average Bonchev–Trinajstić information content (AvgIpc) is 2.67. The van der Waals surface area contributed by atoms with Gasteiger partial charge in [0.2, 0.25) is 0 Å². The minimum atomic E-state index is -0.766. The van der Waals surface area contributed by atoms with Gasteiger partial charge in [-0.05, 0) is 12.1 Å². The minimum absolute atomic E-state index is 0.0893. The highest BCUT2D eigenvalue weighted by atomic mass is 19.1. The van der Waals surface area contributed by atoms with Gasteiger partial charge in [0.05, 0.1) is 23.6 Å². The molecule has 0 aliphatic rings. The molecule has 0 saturated carbocycles. The van der Waals surface area contributed by atoms with E-state index in [1.165, 1.54) is 0 Å². The Morgan fingerprint density at radius 1 is 1.41 bits per heavy atom. The van der Waals surface area contributed by atoms with E-state index in [4.69, 9.17) is 5.73 Å². The number of anilines is 2. The molecule has 90 valence electrons. The number of aromatic nitrogens is 2. The van der Waals surface area contributed by atoms with Crippen molar-refractivity contribution in [2.45, 2.75) is 6.54 Å². The molecular formula is C11H12F2N4. The van der Waals surface area contributed by atoms with E-state index in [0.29, 0.717) is 6.54 Å². The Balaban J connectivity index is 2.17. The van der Waals surface area contributed by atoms with Crippen molar-refractivity contribution in [1.82, 2.24) is 9.78 Å². The topological polar surface area (TPSA) is 55.9 Å². The van der Waals surface area contributed by atoms with E-state index < -0.39 is 11.6 Å². The van der Waals surface area contributed by atoms with Crippen molar-refractivity contribution in [3.05, 3.63) is 41.7 Å². The molecule has 0 spiro atoms. The molecule has 0 radical (unpaired) electrons. The molecular weight excluding hydrogens is 226 g/mol. The van der Waals surface area contributed by atoms with Crippen LogP contribution in [0.1, 0.15) is 5.69 Å². The van der Waals surface area contributed by atoms with Crippen LogP contribution in [0.3, 0.4) is 0 Å².